The summed E-state index contributed by atoms with van der Waals surface area (Å²) in [5.41, 5.74) is 0. The first-order valence-corrected chi connectivity index (χ1v) is 11.0. The van der Waals surface area contributed by atoms with Crippen LogP contribution < -0.4 is 10.1 Å². The molecule has 0 radical (unpaired) electrons. The lowest BCUT2D eigenvalue weighted by Crippen LogP contribution is -2.44. The Morgan fingerprint density at radius 1 is 1.31 bits per heavy atom. The number of thioether (sulfide) groups is 1. The molecule has 1 saturated carbocycles. The van der Waals surface area contributed by atoms with Crippen molar-refractivity contribution in [3.05, 3.63) is 35.1 Å². The Hall–Kier alpha value is -2.06. The van der Waals surface area contributed by atoms with E-state index in [-0.39, 0.29) is 30.0 Å². The van der Waals surface area contributed by atoms with Crippen molar-refractivity contribution in [1.82, 2.24) is 20.1 Å². The molecule has 1 aliphatic carbocycles. The standard InChI is InChI=1S/C20H25ClN4O3S/c1-12(2)19(13(3)26)22-18(27)11-29-20-24-23-17(25(20)14-8-9-14)10-28-16-7-5-4-6-15(16)21/h4-7,12,14,19H,8-11H2,1-3H3,(H,22,27). The van der Waals surface area contributed by atoms with Crippen LogP contribution in [0.25, 0.3) is 0 Å². The maximum Gasteiger partial charge on any atom is 0.231 e. The van der Waals surface area contributed by atoms with Crippen molar-refractivity contribution < 1.29 is 14.3 Å². The van der Waals surface area contributed by atoms with E-state index < -0.39 is 6.04 Å². The van der Waals surface area contributed by atoms with Crippen LogP contribution in [0.15, 0.2) is 29.4 Å². The van der Waals surface area contributed by atoms with Crippen molar-refractivity contribution in [1.29, 1.82) is 0 Å². The van der Waals surface area contributed by atoms with Gasteiger partial charge in [-0.1, -0.05) is 49.3 Å². The molecule has 7 nitrogen and oxygen atoms in total. The third-order valence-electron chi connectivity index (χ3n) is 4.59. The molecular formula is C20H25ClN4O3S. The van der Waals surface area contributed by atoms with Crippen LogP contribution in [0.4, 0.5) is 0 Å². The number of nitrogens with zero attached hydrogens (tertiary/aromatic N) is 3. The van der Waals surface area contributed by atoms with Gasteiger partial charge in [0.05, 0.1) is 16.8 Å². The lowest BCUT2D eigenvalue weighted by molar-refractivity contribution is -0.126. The second-order valence-electron chi connectivity index (χ2n) is 7.41. The number of Topliss-reactive ketones (excluding diaryl/α,β-unsaturated/α-hetero) is 1. The van der Waals surface area contributed by atoms with Crippen LogP contribution in [0.2, 0.25) is 5.02 Å². The molecule has 1 fully saturated rings. The summed E-state index contributed by atoms with van der Waals surface area (Å²) >= 11 is 7.46. The fourth-order valence-electron chi connectivity index (χ4n) is 2.99. The maximum absolute atomic E-state index is 12.3. The van der Waals surface area contributed by atoms with E-state index in [9.17, 15) is 9.59 Å². The smallest absolute Gasteiger partial charge is 0.231 e. The Kier molecular flexibility index (Phi) is 7.18. The molecule has 0 bridgehead atoms. The number of benzene rings is 1. The van der Waals surface area contributed by atoms with Crippen molar-refractivity contribution in [3.8, 4) is 5.75 Å². The molecule has 0 aliphatic heterocycles. The first-order chi connectivity index (χ1) is 13.9. The molecule has 2 aromatic rings. The minimum Gasteiger partial charge on any atom is -0.484 e. The van der Waals surface area contributed by atoms with Crippen LogP contribution in [0.3, 0.4) is 0 Å². The van der Waals surface area contributed by atoms with Gasteiger partial charge in [-0.05, 0) is 37.8 Å². The van der Waals surface area contributed by atoms with Crippen LogP contribution >= 0.6 is 23.4 Å². The summed E-state index contributed by atoms with van der Waals surface area (Å²) in [4.78, 5) is 24.0. The summed E-state index contributed by atoms with van der Waals surface area (Å²) in [6.45, 7) is 5.57. The molecular weight excluding hydrogens is 412 g/mol. The number of para-hydroxylation sites is 1. The molecule has 3 rings (SSSR count). The zero-order valence-corrected chi connectivity index (χ0v) is 18.3. The van der Waals surface area contributed by atoms with Crippen LogP contribution in [0.5, 0.6) is 5.75 Å². The predicted molar refractivity (Wildman–Crippen MR) is 112 cm³/mol. The summed E-state index contributed by atoms with van der Waals surface area (Å²) in [5, 5.41) is 12.5. The molecule has 1 aliphatic rings. The van der Waals surface area contributed by atoms with E-state index >= 15 is 0 Å². The number of amides is 1. The fourth-order valence-corrected chi connectivity index (χ4v) is 4.02. The van der Waals surface area contributed by atoms with Crippen LogP contribution in [0.1, 0.15) is 45.5 Å². The van der Waals surface area contributed by atoms with Gasteiger partial charge in [-0.15, -0.1) is 10.2 Å². The molecule has 1 aromatic carbocycles. The number of ketones is 1. The van der Waals surface area contributed by atoms with E-state index in [0.717, 1.165) is 12.8 Å². The Morgan fingerprint density at radius 3 is 2.66 bits per heavy atom. The number of nitrogens with one attached hydrogen (secondary N) is 1. The van der Waals surface area contributed by atoms with Crippen molar-refractivity contribution >= 4 is 35.1 Å². The van der Waals surface area contributed by atoms with Gasteiger partial charge < -0.3 is 10.1 Å². The minimum absolute atomic E-state index is 0.0431. The minimum atomic E-state index is -0.469. The molecule has 1 atom stereocenters. The lowest BCUT2D eigenvalue weighted by Gasteiger charge is -2.19. The summed E-state index contributed by atoms with van der Waals surface area (Å²) in [6.07, 6.45) is 2.10. The normalized spacial score (nSPS) is 14.7. The molecule has 9 heteroatoms. The van der Waals surface area contributed by atoms with E-state index in [2.05, 4.69) is 15.5 Å². The highest BCUT2D eigenvalue weighted by Gasteiger charge is 2.30. The number of ether oxygens (including phenoxy) is 1. The average Bonchev–Trinajstić information content (AvgIpc) is 3.43. The number of hydrogen-bond acceptors (Lipinski definition) is 6. The van der Waals surface area contributed by atoms with Gasteiger partial charge in [-0.2, -0.15) is 0 Å². The number of carbonyl (C=O) groups is 2. The summed E-state index contributed by atoms with van der Waals surface area (Å²) in [7, 11) is 0. The summed E-state index contributed by atoms with van der Waals surface area (Å²) < 4.78 is 7.85. The van der Waals surface area contributed by atoms with Gasteiger partial charge >= 0.3 is 0 Å². The predicted octanol–water partition coefficient (Wildman–Crippen LogP) is 3.67. The van der Waals surface area contributed by atoms with Crippen molar-refractivity contribution in [3.63, 3.8) is 0 Å². The maximum atomic E-state index is 12.3. The second kappa shape index (κ2) is 9.63. The Labute approximate surface area is 179 Å². The van der Waals surface area contributed by atoms with E-state index in [4.69, 9.17) is 16.3 Å². The fraction of sp³-hybridized carbons (Fsp3) is 0.500. The number of halogens is 1. The van der Waals surface area contributed by atoms with Gasteiger partial charge in [0, 0.05) is 6.04 Å². The number of hydrogen-bond donors (Lipinski definition) is 1. The first kappa shape index (κ1) is 21.6. The molecule has 1 N–H and O–H groups in total. The summed E-state index contributed by atoms with van der Waals surface area (Å²) in [5.74, 6) is 1.29. The Balaban J connectivity index is 1.62. The molecule has 29 heavy (non-hydrogen) atoms. The van der Waals surface area contributed by atoms with E-state index in [1.54, 1.807) is 12.1 Å². The molecule has 1 amide bonds. The number of carbonyl (C=O) groups excluding carboxylic acids is 2. The largest absolute Gasteiger partial charge is 0.484 e. The molecule has 1 unspecified atom stereocenters. The lowest BCUT2D eigenvalue weighted by atomic mass is 10.0. The highest BCUT2D eigenvalue weighted by Crippen LogP contribution is 2.39. The Morgan fingerprint density at radius 2 is 2.03 bits per heavy atom. The highest BCUT2D eigenvalue weighted by molar-refractivity contribution is 7.99. The third kappa shape index (κ3) is 5.73. The molecule has 156 valence electrons. The summed E-state index contributed by atoms with van der Waals surface area (Å²) in [6, 6.07) is 7.15. The topological polar surface area (TPSA) is 86.1 Å². The van der Waals surface area contributed by atoms with Crippen molar-refractivity contribution in [2.75, 3.05) is 5.75 Å². The van der Waals surface area contributed by atoms with Gasteiger partial charge in [0.2, 0.25) is 5.91 Å². The number of aromatic nitrogens is 3. The quantitative estimate of drug-likeness (QED) is 0.572. The van der Waals surface area contributed by atoms with Gasteiger partial charge in [0.1, 0.15) is 12.4 Å². The molecule has 0 spiro atoms. The molecule has 0 saturated heterocycles. The Bertz CT molecular complexity index is 882. The zero-order valence-electron chi connectivity index (χ0n) is 16.7. The van der Waals surface area contributed by atoms with Crippen molar-refractivity contribution in [2.45, 2.75) is 57.5 Å². The monoisotopic (exact) mass is 436 g/mol. The number of rotatable bonds is 10. The third-order valence-corrected chi connectivity index (χ3v) is 5.85. The van der Waals surface area contributed by atoms with Gasteiger partial charge in [0.25, 0.3) is 0 Å². The van der Waals surface area contributed by atoms with E-state index in [0.29, 0.717) is 27.8 Å². The zero-order chi connectivity index (χ0) is 21.0. The average molecular weight is 437 g/mol. The van der Waals surface area contributed by atoms with Gasteiger partial charge in [-0.3, -0.25) is 14.2 Å². The molecule has 1 aromatic heterocycles. The van der Waals surface area contributed by atoms with Crippen molar-refractivity contribution in [2.24, 2.45) is 5.92 Å². The van der Waals surface area contributed by atoms with Gasteiger partial charge in [0.15, 0.2) is 16.8 Å². The van der Waals surface area contributed by atoms with Crippen LogP contribution in [-0.2, 0) is 16.2 Å². The molecule has 1 heterocycles. The van der Waals surface area contributed by atoms with Crippen LogP contribution in [-0.4, -0.2) is 38.2 Å². The van der Waals surface area contributed by atoms with Crippen LogP contribution in [0, 0.1) is 5.92 Å². The van der Waals surface area contributed by atoms with E-state index in [1.807, 2.05) is 30.5 Å². The second-order valence-corrected chi connectivity index (χ2v) is 8.76. The highest BCUT2D eigenvalue weighted by atomic mass is 35.5. The van der Waals surface area contributed by atoms with Gasteiger partial charge in [-0.25, -0.2) is 0 Å². The first-order valence-electron chi connectivity index (χ1n) is 9.60. The van der Waals surface area contributed by atoms with E-state index in [1.165, 1.54) is 18.7 Å². The SMILES string of the molecule is CC(=O)C(NC(=O)CSc1nnc(COc2ccccc2Cl)n1C1CC1)C(C)C.